The molecule has 2 aliphatic heterocycles. The van der Waals surface area contributed by atoms with E-state index in [2.05, 4.69) is 46.2 Å². The summed E-state index contributed by atoms with van der Waals surface area (Å²) in [6.45, 7) is 6.08. The van der Waals surface area contributed by atoms with Gasteiger partial charge in [-0.25, -0.2) is 0 Å². The van der Waals surface area contributed by atoms with E-state index in [4.69, 9.17) is 9.47 Å². The van der Waals surface area contributed by atoms with Gasteiger partial charge in [-0.15, -0.1) is 0 Å². The van der Waals surface area contributed by atoms with Crippen molar-refractivity contribution in [3.63, 3.8) is 0 Å². The number of hydrogen-bond donors (Lipinski definition) is 0. The fourth-order valence-electron chi connectivity index (χ4n) is 4.40. The molecule has 2 saturated heterocycles. The molecule has 1 amide bonds. The van der Waals surface area contributed by atoms with Crippen molar-refractivity contribution in [2.45, 2.75) is 25.5 Å². The Balaban J connectivity index is 1.32. The Kier molecular flexibility index (Phi) is 7.43. The predicted molar refractivity (Wildman–Crippen MR) is 122 cm³/mol. The van der Waals surface area contributed by atoms with E-state index >= 15 is 0 Å². The molecule has 0 saturated carbocycles. The van der Waals surface area contributed by atoms with Crippen LogP contribution in [0.2, 0.25) is 0 Å². The fraction of sp³-hybridized carbons (Fsp3) is 0.480. The molecule has 2 fully saturated rings. The normalized spacial score (nSPS) is 19.1. The van der Waals surface area contributed by atoms with Gasteiger partial charge in [-0.2, -0.15) is 0 Å². The molecule has 1 atom stereocenters. The lowest BCUT2D eigenvalue weighted by molar-refractivity contribution is -0.133. The van der Waals surface area contributed by atoms with Crippen molar-refractivity contribution in [3.05, 3.63) is 60.2 Å². The smallest absolute Gasteiger partial charge is 0.236 e. The molecule has 2 aromatic carbocycles. The van der Waals surface area contributed by atoms with Crippen LogP contribution in [0.4, 0.5) is 5.69 Å². The van der Waals surface area contributed by atoms with Crippen LogP contribution in [0.3, 0.4) is 0 Å². The van der Waals surface area contributed by atoms with Crippen LogP contribution in [-0.4, -0.2) is 74.8 Å². The number of anilines is 1. The topological polar surface area (TPSA) is 45.2 Å². The molecule has 31 heavy (non-hydrogen) atoms. The van der Waals surface area contributed by atoms with Crippen LogP contribution in [-0.2, 0) is 16.1 Å². The van der Waals surface area contributed by atoms with E-state index in [9.17, 15) is 4.79 Å². The van der Waals surface area contributed by atoms with Gasteiger partial charge < -0.3 is 19.3 Å². The molecule has 2 heterocycles. The Labute approximate surface area is 185 Å². The minimum absolute atomic E-state index is 0.211. The summed E-state index contributed by atoms with van der Waals surface area (Å²) in [7, 11) is 1.68. The van der Waals surface area contributed by atoms with E-state index in [-0.39, 0.29) is 12.0 Å². The highest BCUT2D eigenvalue weighted by molar-refractivity contribution is 5.78. The van der Waals surface area contributed by atoms with Crippen molar-refractivity contribution in [1.29, 1.82) is 0 Å². The number of methoxy groups -OCH3 is 1. The molecule has 166 valence electrons. The Morgan fingerprint density at radius 1 is 1.06 bits per heavy atom. The standard InChI is InChI=1S/C25H33N3O3/c1-30-23-11-9-22(10-12-23)27-13-15-28(16-14-27)25(29)20-26(19-24-8-5-17-31-24)18-21-6-3-2-4-7-21/h2-4,6-7,9-12,24H,5,8,13-20H2,1H3. The van der Waals surface area contributed by atoms with Gasteiger partial charge in [0.1, 0.15) is 5.75 Å². The lowest BCUT2D eigenvalue weighted by Gasteiger charge is -2.37. The largest absolute Gasteiger partial charge is 0.497 e. The maximum atomic E-state index is 13.1. The number of amides is 1. The zero-order chi connectivity index (χ0) is 21.5. The van der Waals surface area contributed by atoms with Crippen molar-refractivity contribution in [2.75, 3.05) is 57.9 Å². The fourth-order valence-corrected chi connectivity index (χ4v) is 4.40. The average molecular weight is 424 g/mol. The highest BCUT2D eigenvalue weighted by atomic mass is 16.5. The Hall–Kier alpha value is -2.57. The summed E-state index contributed by atoms with van der Waals surface area (Å²) in [4.78, 5) is 19.7. The molecule has 4 rings (SSSR count). The maximum absolute atomic E-state index is 13.1. The Morgan fingerprint density at radius 3 is 2.45 bits per heavy atom. The van der Waals surface area contributed by atoms with E-state index in [0.29, 0.717) is 6.54 Å². The number of piperazine rings is 1. The maximum Gasteiger partial charge on any atom is 0.236 e. The van der Waals surface area contributed by atoms with E-state index < -0.39 is 0 Å². The Morgan fingerprint density at radius 2 is 1.81 bits per heavy atom. The van der Waals surface area contributed by atoms with E-state index in [1.165, 1.54) is 11.3 Å². The van der Waals surface area contributed by atoms with Gasteiger partial charge in [0.25, 0.3) is 0 Å². The van der Waals surface area contributed by atoms with E-state index in [1.54, 1.807) is 7.11 Å². The number of ether oxygens (including phenoxy) is 2. The van der Waals surface area contributed by atoms with Crippen LogP contribution in [0.5, 0.6) is 5.75 Å². The first-order chi connectivity index (χ1) is 15.2. The van der Waals surface area contributed by atoms with Gasteiger partial charge in [-0.05, 0) is 42.7 Å². The van der Waals surface area contributed by atoms with E-state index in [1.807, 2.05) is 23.1 Å². The summed E-state index contributed by atoms with van der Waals surface area (Å²) in [5, 5.41) is 0. The molecular weight excluding hydrogens is 390 g/mol. The summed E-state index contributed by atoms with van der Waals surface area (Å²) in [5.41, 5.74) is 2.41. The van der Waals surface area contributed by atoms with Crippen LogP contribution >= 0.6 is 0 Å². The number of carbonyl (C=O) groups is 1. The first-order valence-electron chi connectivity index (χ1n) is 11.3. The van der Waals surface area contributed by atoms with Gasteiger partial charge in [0, 0.05) is 51.6 Å². The van der Waals surface area contributed by atoms with Gasteiger partial charge in [-0.1, -0.05) is 30.3 Å². The lowest BCUT2D eigenvalue weighted by Crippen LogP contribution is -2.51. The summed E-state index contributed by atoms with van der Waals surface area (Å²) in [5.74, 6) is 1.07. The summed E-state index contributed by atoms with van der Waals surface area (Å²) < 4.78 is 11.1. The molecule has 0 N–H and O–H groups in total. The first-order valence-corrected chi connectivity index (χ1v) is 11.3. The molecule has 0 radical (unpaired) electrons. The van der Waals surface area contributed by atoms with Crippen molar-refractivity contribution in [3.8, 4) is 5.75 Å². The van der Waals surface area contributed by atoms with Crippen molar-refractivity contribution >= 4 is 11.6 Å². The monoisotopic (exact) mass is 423 g/mol. The highest BCUT2D eigenvalue weighted by Gasteiger charge is 2.25. The van der Waals surface area contributed by atoms with Gasteiger partial charge in [-0.3, -0.25) is 9.69 Å². The number of nitrogens with zero attached hydrogens (tertiary/aromatic N) is 3. The number of rotatable bonds is 8. The molecule has 6 nitrogen and oxygen atoms in total. The molecule has 0 aliphatic carbocycles. The highest BCUT2D eigenvalue weighted by Crippen LogP contribution is 2.21. The molecule has 6 heteroatoms. The number of carbonyl (C=O) groups excluding carboxylic acids is 1. The second kappa shape index (κ2) is 10.6. The van der Waals surface area contributed by atoms with Crippen LogP contribution in [0.25, 0.3) is 0 Å². The molecule has 0 aromatic heterocycles. The summed E-state index contributed by atoms with van der Waals surface area (Å²) in [6.07, 6.45) is 2.44. The van der Waals surface area contributed by atoms with Crippen molar-refractivity contribution < 1.29 is 14.3 Å². The summed E-state index contributed by atoms with van der Waals surface area (Å²) in [6, 6.07) is 18.5. The molecule has 0 spiro atoms. The quantitative estimate of drug-likeness (QED) is 0.653. The van der Waals surface area contributed by atoms with Gasteiger partial charge in [0.2, 0.25) is 5.91 Å². The van der Waals surface area contributed by atoms with Gasteiger partial charge in [0.15, 0.2) is 0 Å². The molecular formula is C25H33N3O3. The first kappa shape index (κ1) is 21.7. The van der Waals surface area contributed by atoms with Crippen LogP contribution in [0.15, 0.2) is 54.6 Å². The van der Waals surface area contributed by atoms with E-state index in [0.717, 1.165) is 64.5 Å². The molecule has 1 unspecified atom stereocenters. The van der Waals surface area contributed by atoms with Crippen molar-refractivity contribution in [2.24, 2.45) is 0 Å². The number of benzene rings is 2. The third kappa shape index (κ3) is 5.99. The average Bonchev–Trinajstić information content (AvgIpc) is 3.33. The summed E-state index contributed by atoms with van der Waals surface area (Å²) >= 11 is 0. The zero-order valence-electron chi connectivity index (χ0n) is 18.4. The second-order valence-corrected chi connectivity index (χ2v) is 8.36. The SMILES string of the molecule is COc1ccc(N2CCN(C(=O)CN(Cc3ccccc3)CC3CCCO3)CC2)cc1. The van der Waals surface area contributed by atoms with Crippen LogP contribution < -0.4 is 9.64 Å². The third-order valence-electron chi connectivity index (χ3n) is 6.16. The predicted octanol–water partition coefficient (Wildman–Crippen LogP) is 3.03. The minimum Gasteiger partial charge on any atom is -0.497 e. The Bertz CT molecular complexity index is 814. The van der Waals surface area contributed by atoms with Crippen LogP contribution in [0.1, 0.15) is 18.4 Å². The second-order valence-electron chi connectivity index (χ2n) is 8.36. The minimum atomic E-state index is 0.211. The molecule has 2 aromatic rings. The zero-order valence-corrected chi connectivity index (χ0v) is 18.4. The third-order valence-corrected chi connectivity index (χ3v) is 6.16. The molecule has 0 bridgehead atoms. The van der Waals surface area contributed by atoms with Gasteiger partial charge in [0.05, 0.1) is 19.8 Å². The van der Waals surface area contributed by atoms with Crippen LogP contribution in [0, 0.1) is 0 Å². The lowest BCUT2D eigenvalue weighted by atomic mass is 10.1. The molecule has 2 aliphatic rings. The number of hydrogen-bond acceptors (Lipinski definition) is 5. The van der Waals surface area contributed by atoms with Gasteiger partial charge >= 0.3 is 0 Å². The van der Waals surface area contributed by atoms with Crippen molar-refractivity contribution in [1.82, 2.24) is 9.80 Å².